The molecule has 1 fully saturated rings. The van der Waals surface area contributed by atoms with E-state index in [-0.39, 0.29) is 11.7 Å². The molecule has 0 bridgehead atoms. The monoisotopic (exact) mass is 305 g/mol. The molecule has 3 N–H and O–H groups in total. The number of halogens is 4. The van der Waals surface area contributed by atoms with Gasteiger partial charge in [0.1, 0.15) is 5.82 Å². The molecule has 21 heavy (non-hydrogen) atoms. The van der Waals surface area contributed by atoms with E-state index in [2.05, 4.69) is 5.32 Å². The van der Waals surface area contributed by atoms with Crippen LogP contribution in [0.4, 0.5) is 28.0 Å². The number of hydrogen-bond donors (Lipinski definition) is 2. The minimum atomic E-state index is -4.67. The van der Waals surface area contributed by atoms with E-state index in [4.69, 9.17) is 5.73 Å². The number of hydrogen-bond acceptors (Lipinski definition) is 2. The predicted molar refractivity (Wildman–Crippen MR) is 69.2 cm³/mol. The largest absolute Gasteiger partial charge is 0.416 e. The highest BCUT2D eigenvalue weighted by atomic mass is 19.4. The van der Waals surface area contributed by atoms with E-state index in [1.54, 1.807) is 0 Å². The van der Waals surface area contributed by atoms with Crippen LogP contribution in [0.3, 0.4) is 0 Å². The number of carbonyl (C=O) groups is 1. The number of anilines is 1. The van der Waals surface area contributed by atoms with Crippen molar-refractivity contribution in [3.05, 3.63) is 29.6 Å². The number of urea groups is 1. The number of nitrogens with zero attached hydrogens (tertiary/aromatic N) is 1. The average Bonchev–Trinajstić information content (AvgIpc) is 2.37. The molecule has 0 unspecified atom stereocenters. The molecule has 4 nitrogen and oxygen atoms in total. The number of rotatable bonds is 1. The first-order chi connectivity index (χ1) is 9.75. The zero-order valence-corrected chi connectivity index (χ0v) is 11.1. The van der Waals surface area contributed by atoms with Gasteiger partial charge in [-0.05, 0) is 31.0 Å². The van der Waals surface area contributed by atoms with E-state index >= 15 is 0 Å². The molecule has 1 saturated heterocycles. The molecular formula is C13H15F4N3O. The molecule has 8 heteroatoms. The Kier molecular flexibility index (Phi) is 4.36. The molecule has 1 aliphatic heterocycles. The van der Waals surface area contributed by atoms with E-state index in [0.29, 0.717) is 25.2 Å². The van der Waals surface area contributed by atoms with Gasteiger partial charge in [0.2, 0.25) is 0 Å². The minimum absolute atomic E-state index is 0.150. The maximum atomic E-state index is 13.2. The summed E-state index contributed by atoms with van der Waals surface area (Å²) < 4.78 is 51.0. The van der Waals surface area contributed by atoms with Crippen LogP contribution in [-0.4, -0.2) is 30.1 Å². The van der Waals surface area contributed by atoms with Crippen molar-refractivity contribution < 1.29 is 22.4 Å². The van der Waals surface area contributed by atoms with Crippen molar-refractivity contribution in [1.29, 1.82) is 0 Å². The van der Waals surface area contributed by atoms with Crippen LogP contribution < -0.4 is 11.1 Å². The molecule has 2 amide bonds. The molecule has 1 aliphatic rings. The smallest absolute Gasteiger partial charge is 0.326 e. The lowest BCUT2D eigenvalue weighted by Crippen LogP contribution is -2.47. The van der Waals surface area contributed by atoms with Gasteiger partial charge in [0, 0.05) is 24.8 Å². The zero-order chi connectivity index (χ0) is 15.6. The quantitative estimate of drug-likeness (QED) is 0.784. The fourth-order valence-electron chi connectivity index (χ4n) is 2.22. The number of amides is 2. The summed E-state index contributed by atoms with van der Waals surface area (Å²) in [5.74, 6) is -1.06. The van der Waals surface area contributed by atoms with Crippen molar-refractivity contribution in [2.45, 2.75) is 25.1 Å². The second-order valence-corrected chi connectivity index (χ2v) is 5.00. The second-order valence-electron chi connectivity index (χ2n) is 5.00. The Bertz CT molecular complexity index is 533. The Balaban J connectivity index is 2.12. The zero-order valence-electron chi connectivity index (χ0n) is 11.1. The highest BCUT2D eigenvalue weighted by Crippen LogP contribution is 2.31. The van der Waals surface area contributed by atoms with Crippen LogP contribution in [0, 0.1) is 5.82 Å². The summed E-state index contributed by atoms with van der Waals surface area (Å²) in [6.45, 7) is 0.800. The summed E-state index contributed by atoms with van der Waals surface area (Å²) in [5.41, 5.74) is 4.36. The molecule has 0 aliphatic carbocycles. The van der Waals surface area contributed by atoms with Gasteiger partial charge < -0.3 is 16.0 Å². The van der Waals surface area contributed by atoms with Gasteiger partial charge in [-0.3, -0.25) is 0 Å². The van der Waals surface area contributed by atoms with Crippen molar-refractivity contribution >= 4 is 11.7 Å². The van der Waals surface area contributed by atoms with Crippen LogP contribution in [0.25, 0.3) is 0 Å². The highest BCUT2D eigenvalue weighted by Gasteiger charge is 2.31. The third kappa shape index (κ3) is 4.07. The molecule has 0 radical (unpaired) electrons. The minimum Gasteiger partial charge on any atom is -0.326 e. The summed E-state index contributed by atoms with van der Waals surface area (Å²) >= 11 is 0. The van der Waals surface area contributed by atoms with Crippen molar-refractivity contribution in [2.75, 3.05) is 18.4 Å². The molecule has 1 aromatic rings. The van der Waals surface area contributed by atoms with Gasteiger partial charge in [-0.15, -0.1) is 0 Å². The third-order valence-corrected chi connectivity index (χ3v) is 3.22. The van der Waals surface area contributed by atoms with Crippen molar-refractivity contribution in [1.82, 2.24) is 4.90 Å². The Morgan fingerprint density at radius 1 is 1.33 bits per heavy atom. The number of piperidine rings is 1. The normalized spacial score (nSPS) is 19.5. The van der Waals surface area contributed by atoms with Crippen LogP contribution in [-0.2, 0) is 6.18 Å². The van der Waals surface area contributed by atoms with Gasteiger partial charge in [0.25, 0.3) is 0 Å². The van der Waals surface area contributed by atoms with Crippen LogP contribution in [0.5, 0.6) is 0 Å². The summed E-state index contributed by atoms with van der Waals surface area (Å²) in [6.07, 6.45) is -3.15. The second kappa shape index (κ2) is 5.88. The Morgan fingerprint density at radius 3 is 2.67 bits per heavy atom. The Morgan fingerprint density at radius 2 is 2.05 bits per heavy atom. The number of benzene rings is 1. The van der Waals surface area contributed by atoms with Gasteiger partial charge in [0.15, 0.2) is 0 Å². The standard InChI is InChI=1S/C13H15F4N3O/c14-9-4-8(13(15,16)17)5-11(6-9)19-12(21)20-3-1-2-10(18)7-20/h4-6,10H,1-3,7,18H2,(H,19,21)/t10-/m0/s1. The van der Waals surface area contributed by atoms with Crippen molar-refractivity contribution in [2.24, 2.45) is 5.73 Å². The van der Waals surface area contributed by atoms with E-state index in [1.165, 1.54) is 4.90 Å². The van der Waals surface area contributed by atoms with Gasteiger partial charge in [-0.2, -0.15) is 13.2 Å². The summed E-state index contributed by atoms with van der Waals surface area (Å²) in [7, 11) is 0. The predicted octanol–water partition coefficient (Wildman–Crippen LogP) is 2.80. The summed E-state index contributed by atoms with van der Waals surface area (Å²) in [4.78, 5) is 13.3. The van der Waals surface area contributed by atoms with E-state index < -0.39 is 23.6 Å². The van der Waals surface area contributed by atoms with Gasteiger partial charge in [-0.1, -0.05) is 0 Å². The lowest BCUT2D eigenvalue weighted by Gasteiger charge is -2.30. The first kappa shape index (κ1) is 15.6. The molecule has 116 valence electrons. The van der Waals surface area contributed by atoms with Gasteiger partial charge in [0.05, 0.1) is 5.56 Å². The Labute approximate surface area is 118 Å². The molecule has 1 heterocycles. The maximum Gasteiger partial charge on any atom is 0.416 e. The fraction of sp³-hybridized carbons (Fsp3) is 0.462. The summed E-state index contributed by atoms with van der Waals surface area (Å²) in [5, 5.41) is 2.28. The lowest BCUT2D eigenvalue weighted by atomic mass is 10.1. The van der Waals surface area contributed by atoms with Crippen LogP contribution in [0.2, 0.25) is 0 Å². The molecule has 1 aromatic carbocycles. The molecule has 1 atom stereocenters. The number of alkyl halides is 3. The number of nitrogens with one attached hydrogen (secondary N) is 1. The average molecular weight is 305 g/mol. The van der Waals surface area contributed by atoms with E-state index in [9.17, 15) is 22.4 Å². The van der Waals surface area contributed by atoms with E-state index in [0.717, 1.165) is 18.9 Å². The van der Waals surface area contributed by atoms with Gasteiger partial charge >= 0.3 is 12.2 Å². The first-order valence-corrected chi connectivity index (χ1v) is 6.45. The number of carbonyl (C=O) groups excluding carboxylic acids is 1. The number of nitrogens with two attached hydrogens (primary N) is 1. The molecule has 0 spiro atoms. The van der Waals surface area contributed by atoms with E-state index in [1.807, 2.05) is 0 Å². The third-order valence-electron chi connectivity index (χ3n) is 3.22. The van der Waals surface area contributed by atoms with Crippen molar-refractivity contribution in [3.63, 3.8) is 0 Å². The molecule has 0 aromatic heterocycles. The first-order valence-electron chi connectivity index (χ1n) is 6.45. The lowest BCUT2D eigenvalue weighted by molar-refractivity contribution is -0.137. The number of likely N-dealkylation sites (tertiary alicyclic amines) is 1. The fourth-order valence-corrected chi connectivity index (χ4v) is 2.22. The maximum absolute atomic E-state index is 13.2. The molecule has 0 saturated carbocycles. The van der Waals surface area contributed by atoms with Crippen LogP contribution in [0.15, 0.2) is 18.2 Å². The van der Waals surface area contributed by atoms with Gasteiger partial charge in [-0.25, -0.2) is 9.18 Å². The Hall–Kier alpha value is -1.83. The van der Waals surface area contributed by atoms with Crippen LogP contribution in [0.1, 0.15) is 18.4 Å². The highest BCUT2D eigenvalue weighted by molar-refractivity contribution is 5.89. The topological polar surface area (TPSA) is 58.4 Å². The van der Waals surface area contributed by atoms with Crippen LogP contribution >= 0.6 is 0 Å². The van der Waals surface area contributed by atoms with Crippen molar-refractivity contribution in [3.8, 4) is 0 Å². The molecular weight excluding hydrogens is 290 g/mol. The SMILES string of the molecule is N[C@H]1CCCN(C(=O)Nc2cc(F)cc(C(F)(F)F)c2)C1. The summed E-state index contributed by atoms with van der Waals surface area (Å²) in [6, 6.07) is 1.19. The molecule has 2 rings (SSSR count).